The summed E-state index contributed by atoms with van der Waals surface area (Å²) >= 11 is 0. The van der Waals surface area contributed by atoms with Crippen molar-refractivity contribution >= 4 is 23.8 Å². The number of aromatic nitrogens is 2. The third-order valence-corrected chi connectivity index (χ3v) is 4.82. The largest absolute Gasteiger partial charge is 0.465 e. The first-order valence-electron chi connectivity index (χ1n) is 11.5. The Labute approximate surface area is 215 Å². The molecule has 0 saturated heterocycles. The van der Waals surface area contributed by atoms with Crippen LogP contribution in [0, 0.1) is 11.8 Å². The molecule has 2 heterocycles. The summed E-state index contributed by atoms with van der Waals surface area (Å²) in [4.78, 5) is 45.5. The number of nitrogens with one attached hydrogen (secondary N) is 2. The van der Waals surface area contributed by atoms with Crippen LogP contribution in [0.25, 0.3) is 11.3 Å². The lowest BCUT2D eigenvalue weighted by atomic mass is 10.1. The topological polar surface area (TPSA) is 120 Å². The Bertz CT molecular complexity index is 1340. The van der Waals surface area contributed by atoms with Crippen molar-refractivity contribution in [3.8, 4) is 23.1 Å². The van der Waals surface area contributed by atoms with Crippen molar-refractivity contribution in [2.45, 2.75) is 39.3 Å². The summed E-state index contributed by atoms with van der Waals surface area (Å²) < 4.78 is 10.0. The van der Waals surface area contributed by atoms with Gasteiger partial charge in [0, 0.05) is 29.1 Å². The summed E-state index contributed by atoms with van der Waals surface area (Å²) in [6.07, 6.45) is 2.65. The summed E-state index contributed by atoms with van der Waals surface area (Å²) in [5.74, 6) is 5.12. The van der Waals surface area contributed by atoms with Crippen LogP contribution in [0.15, 0.2) is 60.9 Å². The number of hydrogen-bond acceptors (Lipinski definition) is 7. The fraction of sp³-hybridized carbons (Fsp3) is 0.250. The Morgan fingerprint density at radius 3 is 2.32 bits per heavy atom. The number of esters is 1. The van der Waals surface area contributed by atoms with E-state index in [4.69, 9.17) is 9.47 Å². The second-order valence-corrected chi connectivity index (χ2v) is 9.04. The first kappa shape index (κ1) is 26.9. The maximum absolute atomic E-state index is 12.7. The van der Waals surface area contributed by atoms with Crippen LogP contribution in [0.4, 0.5) is 10.6 Å². The molecule has 0 aliphatic heterocycles. The zero-order valence-electron chi connectivity index (χ0n) is 21.3. The number of carbonyl (C=O) groups is 3. The van der Waals surface area contributed by atoms with Crippen LogP contribution in [0.3, 0.4) is 0 Å². The first-order chi connectivity index (χ1) is 17.5. The number of hydrogen-bond donors (Lipinski definition) is 2. The summed E-state index contributed by atoms with van der Waals surface area (Å²) in [5.41, 5.74) is 2.23. The second kappa shape index (κ2) is 11.8. The van der Waals surface area contributed by atoms with E-state index in [2.05, 4.69) is 32.4 Å². The third kappa shape index (κ3) is 8.18. The lowest BCUT2D eigenvalue weighted by molar-refractivity contribution is -0.117. The summed E-state index contributed by atoms with van der Waals surface area (Å²) in [5, 5.41) is 5.10. The lowest BCUT2D eigenvalue weighted by Gasteiger charge is -2.21. The van der Waals surface area contributed by atoms with Crippen LogP contribution in [0.2, 0.25) is 0 Å². The van der Waals surface area contributed by atoms with Crippen molar-refractivity contribution in [2.75, 3.05) is 12.4 Å². The molecule has 190 valence electrons. The molecule has 1 atom stereocenters. The molecule has 9 nitrogen and oxygen atoms in total. The van der Waals surface area contributed by atoms with Gasteiger partial charge in [0.15, 0.2) is 0 Å². The molecule has 0 saturated carbocycles. The minimum absolute atomic E-state index is 0.126. The number of benzene rings is 1. The van der Waals surface area contributed by atoms with Crippen LogP contribution >= 0.6 is 0 Å². The smallest absolute Gasteiger partial charge is 0.408 e. The molecule has 37 heavy (non-hydrogen) atoms. The number of alkyl carbamates (subject to hydrolysis) is 1. The molecule has 0 bridgehead atoms. The molecule has 1 unspecified atom stereocenters. The highest BCUT2D eigenvalue weighted by Crippen LogP contribution is 2.22. The van der Waals surface area contributed by atoms with Gasteiger partial charge in [0.25, 0.3) is 0 Å². The van der Waals surface area contributed by atoms with Crippen LogP contribution in [-0.2, 0) is 14.3 Å². The number of anilines is 1. The van der Waals surface area contributed by atoms with E-state index < -0.39 is 29.6 Å². The van der Waals surface area contributed by atoms with Crippen LogP contribution in [-0.4, -0.2) is 46.7 Å². The molecule has 1 aromatic carbocycles. The van der Waals surface area contributed by atoms with Gasteiger partial charge in [0.2, 0.25) is 5.91 Å². The van der Waals surface area contributed by atoms with Crippen LogP contribution < -0.4 is 10.6 Å². The highest BCUT2D eigenvalue weighted by atomic mass is 16.6. The third-order valence-electron chi connectivity index (χ3n) is 4.82. The fourth-order valence-electron chi connectivity index (χ4n) is 3.07. The normalized spacial score (nSPS) is 11.4. The zero-order chi connectivity index (χ0) is 27.0. The van der Waals surface area contributed by atoms with Gasteiger partial charge in [-0.3, -0.25) is 9.78 Å². The average molecular weight is 501 g/mol. The Hall–Kier alpha value is -4.71. The molecule has 9 heteroatoms. The first-order valence-corrected chi connectivity index (χ1v) is 11.5. The maximum atomic E-state index is 12.7. The van der Waals surface area contributed by atoms with E-state index in [9.17, 15) is 14.4 Å². The van der Waals surface area contributed by atoms with E-state index in [0.717, 1.165) is 11.1 Å². The molecular weight excluding hydrogens is 472 g/mol. The van der Waals surface area contributed by atoms with E-state index in [0.29, 0.717) is 11.3 Å². The number of rotatable bonds is 5. The van der Waals surface area contributed by atoms with Gasteiger partial charge in [-0.15, -0.1) is 0 Å². The number of pyridine rings is 2. The number of nitrogens with zero attached hydrogens (tertiary/aromatic N) is 2. The molecule has 2 aromatic heterocycles. The Morgan fingerprint density at radius 1 is 1.00 bits per heavy atom. The van der Waals surface area contributed by atoms with Gasteiger partial charge >= 0.3 is 12.1 Å². The van der Waals surface area contributed by atoms with Crippen molar-refractivity contribution in [2.24, 2.45) is 0 Å². The SMILES string of the molecule is COC(=O)c1cc(NC(=O)C(C)NC(=O)OC(C)(C)C)nc(-c2ccc(C#Cc3cccnc3)cc2)c1. The molecule has 2 amide bonds. The molecule has 0 aliphatic rings. The van der Waals surface area contributed by atoms with Crippen LogP contribution in [0.5, 0.6) is 0 Å². The standard InChI is InChI=1S/C28H28N4O5/c1-18(30-27(35)37-28(2,3)4)25(33)32-24-16-22(26(34)36-5)15-23(31-24)21-12-10-19(11-13-21)8-9-20-7-6-14-29-17-20/h6-7,10-18H,1-5H3,(H,30,35)(H,31,32,33). The molecular formula is C28H28N4O5. The number of amides is 2. The van der Waals surface area contributed by atoms with Gasteiger partial charge in [0.05, 0.1) is 18.4 Å². The van der Waals surface area contributed by atoms with Gasteiger partial charge in [-0.05, 0) is 64.1 Å². The summed E-state index contributed by atoms with van der Waals surface area (Å²) in [6, 6.07) is 13.0. The van der Waals surface area contributed by atoms with Crippen molar-refractivity contribution in [3.63, 3.8) is 0 Å². The number of carbonyl (C=O) groups excluding carboxylic acids is 3. The highest BCUT2D eigenvalue weighted by Gasteiger charge is 2.22. The monoisotopic (exact) mass is 500 g/mol. The quantitative estimate of drug-likeness (QED) is 0.398. The van der Waals surface area contributed by atoms with E-state index in [1.54, 1.807) is 39.2 Å². The van der Waals surface area contributed by atoms with Crippen molar-refractivity contribution in [1.29, 1.82) is 0 Å². The number of ether oxygens (including phenoxy) is 2. The van der Waals surface area contributed by atoms with Gasteiger partial charge in [-0.2, -0.15) is 0 Å². The van der Waals surface area contributed by atoms with Crippen molar-refractivity contribution < 1.29 is 23.9 Å². The van der Waals surface area contributed by atoms with Crippen LogP contribution in [0.1, 0.15) is 49.2 Å². The molecule has 0 radical (unpaired) electrons. The second-order valence-electron chi connectivity index (χ2n) is 9.04. The van der Waals surface area contributed by atoms with Gasteiger partial charge in [-0.25, -0.2) is 14.6 Å². The molecule has 3 aromatic rings. The van der Waals surface area contributed by atoms with Crippen molar-refractivity contribution in [1.82, 2.24) is 15.3 Å². The van der Waals surface area contributed by atoms with Gasteiger partial charge in [-0.1, -0.05) is 24.0 Å². The van der Waals surface area contributed by atoms with E-state index in [1.807, 2.05) is 36.4 Å². The molecule has 0 spiro atoms. The molecule has 3 rings (SSSR count). The van der Waals surface area contributed by atoms with Gasteiger partial charge < -0.3 is 20.1 Å². The van der Waals surface area contributed by atoms with E-state index in [1.165, 1.54) is 20.1 Å². The summed E-state index contributed by atoms with van der Waals surface area (Å²) in [6.45, 7) is 6.68. The van der Waals surface area contributed by atoms with Crippen molar-refractivity contribution in [3.05, 3.63) is 77.6 Å². The zero-order valence-corrected chi connectivity index (χ0v) is 21.3. The Morgan fingerprint density at radius 2 is 1.70 bits per heavy atom. The van der Waals surface area contributed by atoms with E-state index >= 15 is 0 Å². The Kier molecular flexibility index (Phi) is 8.59. The van der Waals surface area contributed by atoms with E-state index in [-0.39, 0.29) is 11.4 Å². The summed E-state index contributed by atoms with van der Waals surface area (Å²) in [7, 11) is 1.27. The molecule has 0 aliphatic carbocycles. The molecule has 0 fully saturated rings. The lowest BCUT2D eigenvalue weighted by Crippen LogP contribution is -2.44. The predicted octanol–water partition coefficient (Wildman–Crippen LogP) is 4.18. The van der Waals surface area contributed by atoms with Gasteiger partial charge in [0.1, 0.15) is 17.5 Å². The fourth-order valence-corrected chi connectivity index (χ4v) is 3.07. The average Bonchev–Trinajstić information content (AvgIpc) is 2.86. The highest BCUT2D eigenvalue weighted by molar-refractivity contribution is 5.97. The molecule has 2 N–H and O–H groups in total. The maximum Gasteiger partial charge on any atom is 0.408 e. The minimum Gasteiger partial charge on any atom is -0.465 e. The Balaban J connectivity index is 1.81. The predicted molar refractivity (Wildman–Crippen MR) is 139 cm³/mol. The number of methoxy groups -OCH3 is 1. The minimum atomic E-state index is -0.917.